The molecule has 0 radical (unpaired) electrons. The molecule has 6 aromatic carbocycles. The third-order valence-electron chi connectivity index (χ3n) is 11.5. The van der Waals surface area contributed by atoms with Crippen LogP contribution in [0.4, 0.5) is 0 Å². The van der Waals surface area contributed by atoms with Crippen molar-refractivity contribution in [2.45, 2.75) is 77.8 Å². The van der Waals surface area contributed by atoms with E-state index in [0.29, 0.717) is 0 Å². The summed E-state index contributed by atoms with van der Waals surface area (Å²) in [6.45, 7) is 18.5. The number of hydrogen-bond acceptors (Lipinski definition) is 4. The van der Waals surface area contributed by atoms with Crippen molar-refractivity contribution in [2.75, 3.05) is 0 Å². The molecule has 1 aliphatic heterocycles. The lowest BCUT2D eigenvalue weighted by Crippen LogP contribution is -2.33. The molecular weight excluding hydrogens is 659 g/mol. The molecule has 1 aromatic heterocycles. The van der Waals surface area contributed by atoms with E-state index in [9.17, 15) is 0 Å². The molecule has 7 aromatic rings. The summed E-state index contributed by atoms with van der Waals surface area (Å²) in [5, 5.41) is 5.97. The van der Waals surface area contributed by atoms with E-state index in [2.05, 4.69) is 170 Å². The predicted molar refractivity (Wildman–Crippen MR) is 226 cm³/mol. The van der Waals surface area contributed by atoms with Gasteiger partial charge in [-0.15, -0.1) is 0 Å². The molecule has 1 unspecified atom stereocenters. The topological polar surface area (TPSA) is 49.9 Å². The van der Waals surface area contributed by atoms with Crippen LogP contribution in [-0.4, -0.2) is 11.7 Å². The zero-order chi connectivity index (χ0) is 37.6. The van der Waals surface area contributed by atoms with Gasteiger partial charge in [-0.05, 0) is 67.5 Å². The van der Waals surface area contributed by atoms with Gasteiger partial charge in [0.25, 0.3) is 0 Å². The molecule has 9 rings (SSSR count). The van der Waals surface area contributed by atoms with Crippen LogP contribution in [-0.2, 0) is 16.2 Å². The summed E-state index contributed by atoms with van der Waals surface area (Å²) in [6, 6.07) is 45.7. The second-order valence-corrected chi connectivity index (χ2v) is 17.6. The number of nitrogens with zero attached hydrogens (tertiary/aromatic N) is 2. The summed E-state index contributed by atoms with van der Waals surface area (Å²) in [6.07, 6.45) is -0.338. The van der Waals surface area contributed by atoms with Crippen LogP contribution in [0.15, 0.2) is 142 Å². The number of aliphatic imine (C=N–C) groups is 2. The van der Waals surface area contributed by atoms with Crippen molar-refractivity contribution in [3.8, 4) is 22.3 Å². The van der Waals surface area contributed by atoms with Gasteiger partial charge in [0.1, 0.15) is 23.2 Å². The second-order valence-electron chi connectivity index (χ2n) is 17.6. The number of fused-ring (bicyclic) bond motifs is 6. The van der Waals surface area contributed by atoms with Gasteiger partial charge in [0.2, 0.25) is 0 Å². The van der Waals surface area contributed by atoms with E-state index in [1.165, 1.54) is 33.4 Å². The van der Waals surface area contributed by atoms with Crippen LogP contribution in [0.25, 0.3) is 44.2 Å². The number of furan rings is 1. The van der Waals surface area contributed by atoms with Gasteiger partial charge in [-0.25, -0.2) is 9.98 Å². The Morgan fingerprint density at radius 1 is 0.593 bits per heavy atom. The molecule has 4 nitrogen and oxygen atoms in total. The minimum atomic E-state index is -0.338. The number of benzene rings is 6. The fourth-order valence-corrected chi connectivity index (χ4v) is 8.23. The van der Waals surface area contributed by atoms with Crippen LogP contribution in [0.2, 0.25) is 0 Å². The molecule has 0 spiro atoms. The molecule has 0 saturated heterocycles. The monoisotopic (exact) mass is 705 g/mol. The molecule has 4 heteroatoms. The molecule has 0 fully saturated rings. The van der Waals surface area contributed by atoms with Crippen molar-refractivity contribution in [3.05, 3.63) is 166 Å². The van der Waals surface area contributed by atoms with E-state index < -0.39 is 0 Å². The summed E-state index contributed by atoms with van der Waals surface area (Å²) < 4.78 is 6.39. The largest absolute Gasteiger partial charge is 0.455 e. The lowest BCUT2D eigenvalue weighted by molar-refractivity contribution is 0.580. The first-order valence-electron chi connectivity index (χ1n) is 19.1. The zero-order valence-electron chi connectivity index (χ0n) is 32.5. The van der Waals surface area contributed by atoms with Gasteiger partial charge < -0.3 is 9.73 Å². The van der Waals surface area contributed by atoms with Crippen LogP contribution in [0, 0.1) is 0 Å². The minimum absolute atomic E-state index is 0.0502. The molecule has 0 amide bonds. The fourth-order valence-electron chi connectivity index (χ4n) is 8.23. The summed E-state index contributed by atoms with van der Waals surface area (Å²) in [5.74, 6) is 1.57. The molecular formula is C50H47N3O. The molecule has 54 heavy (non-hydrogen) atoms. The maximum Gasteiger partial charge on any atom is 0.160 e. The van der Waals surface area contributed by atoms with Gasteiger partial charge in [-0.2, -0.15) is 0 Å². The third kappa shape index (κ3) is 5.58. The normalized spacial score (nSPS) is 16.5. The Balaban J connectivity index is 1.20. The Morgan fingerprint density at radius 2 is 1.28 bits per heavy atom. The van der Waals surface area contributed by atoms with Crippen molar-refractivity contribution >= 4 is 33.6 Å². The van der Waals surface area contributed by atoms with Crippen LogP contribution in [0.3, 0.4) is 0 Å². The van der Waals surface area contributed by atoms with E-state index in [1.807, 2.05) is 18.2 Å². The first kappa shape index (κ1) is 34.1. The van der Waals surface area contributed by atoms with E-state index >= 15 is 0 Å². The van der Waals surface area contributed by atoms with E-state index in [-0.39, 0.29) is 22.4 Å². The lowest BCUT2D eigenvalue weighted by atomic mass is 9.77. The number of para-hydroxylation sites is 2. The highest BCUT2D eigenvalue weighted by Crippen LogP contribution is 2.52. The quantitative estimate of drug-likeness (QED) is 0.198. The molecule has 2 aliphatic rings. The standard InChI is InChI=1S/C50H47N3O/c1-48(2,3)33-25-26-38-40(28-33)50(7,8)41-29-34(49(4,5)6)27-39(43(38)41)47-52-45(31-15-10-9-11-16-31)51-46(53-47)32-23-21-30(22-24-32)35-18-14-19-37-36-17-12-13-20-42(36)54-44(35)37/h9-29,46H,1-8H3,(H,51,52,53). The Bertz CT molecular complexity index is 2660. The number of rotatable bonds is 4. The number of nitrogens with one attached hydrogen (secondary N) is 1. The van der Waals surface area contributed by atoms with Crippen LogP contribution < -0.4 is 5.32 Å². The van der Waals surface area contributed by atoms with Gasteiger partial charge in [-0.1, -0.05) is 171 Å². The van der Waals surface area contributed by atoms with Gasteiger partial charge >= 0.3 is 0 Å². The summed E-state index contributed by atoms with van der Waals surface area (Å²) in [5.41, 5.74) is 14.8. The summed E-state index contributed by atoms with van der Waals surface area (Å²) in [4.78, 5) is 10.8. The first-order chi connectivity index (χ1) is 25.8. The van der Waals surface area contributed by atoms with Crippen molar-refractivity contribution < 1.29 is 4.42 Å². The van der Waals surface area contributed by atoms with E-state index in [1.54, 1.807) is 0 Å². The van der Waals surface area contributed by atoms with Crippen LogP contribution in [0.5, 0.6) is 0 Å². The average Bonchev–Trinajstić information content (AvgIpc) is 3.66. The maximum absolute atomic E-state index is 6.39. The highest BCUT2D eigenvalue weighted by Gasteiger charge is 2.40. The highest BCUT2D eigenvalue weighted by atomic mass is 16.3. The van der Waals surface area contributed by atoms with E-state index in [0.717, 1.165) is 61.4 Å². The summed E-state index contributed by atoms with van der Waals surface area (Å²) >= 11 is 0. The molecule has 2 heterocycles. The highest BCUT2D eigenvalue weighted by molar-refractivity contribution is 6.16. The van der Waals surface area contributed by atoms with Gasteiger partial charge in [-0.3, -0.25) is 0 Å². The van der Waals surface area contributed by atoms with Gasteiger partial charge in [0.05, 0.1) is 0 Å². The van der Waals surface area contributed by atoms with Crippen molar-refractivity contribution in [1.82, 2.24) is 5.32 Å². The number of amidine groups is 2. The first-order valence-corrected chi connectivity index (χ1v) is 19.1. The van der Waals surface area contributed by atoms with Gasteiger partial charge in [0, 0.05) is 32.9 Å². The van der Waals surface area contributed by atoms with Crippen LogP contribution in [0.1, 0.15) is 100 Å². The average molecular weight is 706 g/mol. The Morgan fingerprint density at radius 3 is 2.02 bits per heavy atom. The SMILES string of the molecule is CC(C)(C)c1ccc2c(c1)C(C)(C)c1cc(C(C)(C)C)cc(C3=NC(c4ccc(-c5cccc6c5oc5ccccc56)cc4)NC(c4ccccc4)=N3)c1-2. The Kier molecular flexibility index (Phi) is 7.66. The molecule has 268 valence electrons. The Labute approximate surface area is 318 Å². The second kappa shape index (κ2) is 12.1. The fraction of sp³-hybridized carbons (Fsp3) is 0.240. The maximum atomic E-state index is 6.39. The summed E-state index contributed by atoms with van der Waals surface area (Å²) in [7, 11) is 0. The third-order valence-corrected chi connectivity index (χ3v) is 11.5. The van der Waals surface area contributed by atoms with Crippen molar-refractivity contribution in [2.24, 2.45) is 9.98 Å². The lowest BCUT2D eigenvalue weighted by Gasteiger charge is -2.28. The minimum Gasteiger partial charge on any atom is -0.455 e. The van der Waals surface area contributed by atoms with Crippen molar-refractivity contribution in [1.29, 1.82) is 0 Å². The molecule has 1 atom stereocenters. The smallest absolute Gasteiger partial charge is 0.160 e. The van der Waals surface area contributed by atoms with Crippen LogP contribution >= 0.6 is 0 Å². The Hall–Kier alpha value is -5.74. The molecule has 1 N–H and O–H groups in total. The zero-order valence-corrected chi connectivity index (χ0v) is 32.5. The number of hydrogen-bond donors (Lipinski definition) is 1. The van der Waals surface area contributed by atoms with Crippen molar-refractivity contribution in [3.63, 3.8) is 0 Å². The molecule has 1 aliphatic carbocycles. The molecule has 0 saturated carbocycles. The van der Waals surface area contributed by atoms with Gasteiger partial charge in [0.15, 0.2) is 5.84 Å². The predicted octanol–water partition coefficient (Wildman–Crippen LogP) is 12.6. The van der Waals surface area contributed by atoms with E-state index in [4.69, 9.17) is 14.4 Å². The molecule has 0 bridgehead atoms.